The smallest absolute Gasteiger partial charge is 0.229 e. The molecule has 0 aliphatic carbocycles. The van der Waals surface area contributed by atoms with Gasteiger partial charge in [-0.15, -0.1) is 10.2 Å². The van der Waals surface area contributed by atoms with E-state index >= 15 is 0 Å². The van der Waals surface area contributed by atoms with Crippen LogP contribution in [-0.4, -0.2) is 38.4 Å². The third-order valence-corrected chi connectivity index (χ3v) is 6.56. The number of amides is 2. The lowest BCUT2D eigenvalue weighted by molar-refractivity contribution is -0.136. The van der Waals surface area contributed by atoms with E-state index in [0.717, 1.165) is 27.4 Å². The summed E-state index contributed by atoms with van der Waals surface area (Å²) in [5, 5.41) is 9.90. The Morgan fingerprint density at radius 3 is 2.80 bits per heavy atom. The van der Waals surface area contributed by atoms with Crippen LogP contribution in [0.5, 0.6) is 0 Å². The Balaban J connectivity index is 1.25. The van der Waals surface area contributed by atoms with Crippen molar-refractivity contribution < 1.29 is 9.59 Å². The number of aryl methyl sites for hydroxylation is 1. The first kappa shape index (κ1) is 18.9. The van der Waals surface area contributed by atoms with E-state index in [0.29, 0.717) is 31.2 Å². The molecule has 0 bridgehead atoms. The number of nitrogens with zero attached hydrogens (tertiary/aromatic N) is 5. The minimum atomic E-state index is -0.345. The molecule has 5 rings (SSSR count). The number of hydrogen-bond acceptors (Lipinski definition) is 6. The number of pyridine rings is 1. The highest BCUT2D eigenvalue weighted by molar-refractivity contribution is 7.15. The molecule has 3 aromatic rings. The number of rotatable bonds is 4. The molecule has 152 valence electrons. The Morgan fingerprint density at radius 1 is 1.17 bits per heavy atom. The van der Waals surface area contributed by atoms with Crippen molar-refractivity contribution in [3.8, 4) is 0 Å². The Hall–Kier alpha value is -3.13. The molecule has 0 radical (unpaired) electrons. The fraction of sp³-hybridized carbons (Fsp3) is 0.318. The van der Waals surface area contributed by atoms with Crippen LogP contribution < -0.4 is 4.90 Å². The second kappa shape index (κ2) is 7.60. The Kier molecular flexibility index (Phi) is 4.78. The fourth-order valence-corrected chi connectivity index (χ4v) is 4.97. The fourth-order valence-electron chi connectivity index (χ4n) is 4.07. The topological polar surface area (TPSA) is 79.3 Å². The Labute approximate surface area is 178 Å². The molecule has 30 heavy (non-hydrogen) atoms. The van der Waals surface area contributed by atoms with Crippen LogP contribution in [0, 0.1) is 12.8 Å². The summed E-state index contributed by atoms with van der Waals surface area (Å²) in [4.78, 5) is 33.4. The molecule has 0 saturated carbocycles. The van der Waals surface area contributed by atoms with Crippen molar-refractivity contribution in [2.45, 2.75) is 32.9 Å². The van der Waals surface area contributed by atoms with Crippen molar-refractivity contribution in [1.29, 1.82) is 0 Å². The molecule has 7 nitrogen and oxygen atoms in total. The number of carbonyl (C=O) groups is 2. The second-order valence-corrected chi connectivity index (χ2v) is 8.88. The van der Waals surface area contributed by atoms with E-state index in [1.54, 1.807) is 4.90 Å². The number of fused-ring (bicyclic) bond motifs is 1. The van der Waals surface area contributed by atoms with Gasteiger partial charge in [0.25, 0.3) is 0 Å². The van der Waals surface area contributed by atoms with Crippen LogP contribution in [0.3, 0.4) is 0 Å². The first-order valence-corrected chi connectivity index (χ1v) is 10.8. The van der Waals surface area contributed by atoms with Gasteiger partial charge < -0.3 is 4.90 Å². The summed E-state index contributed by atoms with van der Waals surface area (Å²) in [6, 6.07) is 12.1. The van der Waals surface area contributed by atoms with Crippen LogP contribution in [0.2, 0.25) is 0 Å². The quantitative estimate of drug-likeness (QED) is 0.650. The maximum absolute atomic E-state index is 13.1. The summed E-state index contributed by atoms with van der Waals surface area (Å²) in [5.41, 5.74) is 4.34. The van der Waals surface area contributed by atoms with Crippen LogP contribution >= 0.6 is 11.3 Å². The molecule has 1 fully saturated rings. The van der Waals surface area contributed by atoms with Crippen LogP contribution in [-0.2, 0) is 29.1 Å². The number of anilines is 1. The normalized spacial score (nSPS) is 18.2. The lowest BCUT2D eigenvalue weighted by atomic mass is 10.1. The minimum Gasteiger partial charge on any atom is -0.334 e. The van der Waals surface area contributed by atoms with Crippen molar-refractivity contribution in [2.24, 2.45) is 5.92 Å². The van der Waals surface area contributed by atoms with E-state index in [1.807, 2.05) is 54.4 Å². The molecule has 8 heteroatoms. The molecule has 2 aromatic heterocycles. The van der Waals surface area contributed by atoms with Gasteiger partial charge in [0, 0.05) is 44.4 Å². The van der Waals surface area contributed by atoms with Gasteiger partial charge in [-0.3, -0.25) is 19.5 Å². The van der Waals surface area contributed by atoms with Crippen LogP contribution in [0.15, 0.2) is 42.6 Å². The molecule has 2 aliphatic heterocycles. The molecule has 0 N–H and O–H groups in total. The number of benzene rings is 1. The van der Waals surface area contributed by atoms with E-state index in [4.69, 9.17) is 0 Å². The van der Waals surface area contributed by atoms with Gasteiger partial charge in [0.2, 0.25) is 16.9 Å². The molecule has 4 heterocycles. The molecular formula is C22H21N5O2S. The SMILES string of the molecule is Cc1cc2c(cn1)CN(C(=O)C1CC(=O)N(c3nnc(Cc4ccccc4)s3)C1)C2. The molecule has 1 saturated heterocycles. The summed E-state index contributed by atoms with van der Waals surface area (Å²) in [6.45, 7) is 3.46. The maximum atomic E-state index is 13.1. The first-order chi connectivity index (χ1) is 14.6. The van der Waals surface area contributed by atoms with Gasteiger partial charge in [0.05, 0.1) is 5.92 Å². The van der Waals surface area contributed by atoms with Gasteiger partial charge in [-0.1, -0.05) is 41.7 Å². The Morgan fingerprint density at radius 2 is 1.97 bits per heavy atom. The predicted octanol–water partition coefficient (Wildman–Crippen LogP) is 2.73. The van der Waals surface area contributed by atoms with Gasteiger partial charge in [0.1, 0.15) is 5.01 Å². The third kappa shape index (κ3) is 3.59. The molecule has 2 aliphatic rings. The van der Waals surface area contributed by atoms with Gasteiger partial charge in [0.15, 0.2) is 0 Å². The summed E-state index contributed by atoms with van der Waals surface area (Å²) in [6.07, 6.45) is 2.75. The van der Waals surface area contributed by atoms with Crippen molar-refractivity contribution >= 4 is 28.3 Å². The van der Waals surface area contributed by atoms with E-state index in [2.05, 4.69) is 15.2 Å². The van der Waals surface area contributed by atoms with Crippen LogP contribution in [0.25, 0.3) is 0 Å². The van der Waals surface area contributed by atoms with Gasteiger partial charge in [-0.25, -0.2) is 0 Å². The molecule has 1 atom stereocenters. The molecule has 1 aromatic carbocycles. The van der Waals surface area contributed by atoms with Gasteiger partial charge in [-0.05, 0) is 29.7 Å². The zero-order chi connectivity index (χ0) is 20.7. The number of carbonyl (C=O) groups excluding carboxylic acids is 2. The standard InChI is InChI=1S/C22H21N5O2S/c1-14-7-16-11-26(12-18(16)10-23-14)21(29)17-9-20(28)27(13-17)22-25-24-19(30-22)8-15-5-3-2-4-6-15/h2-7,10,17H,8-9,11-13H2,1H3. The average Bonchev–Trinajstić information content (AvgIpc) is 3.46. The molecule has 1 unspecified atom stereocenters. The Bertz CT molecular complexity index is 1110. The van der Waals surface area contributed by atoms with Crippen molar-refractivity contribution in [1.82, 2.24) is 20.1 Å². The zero-order valence-electron chi connectivity index (χ0n) is 16.6. The van der Waals surface area contributed by atoms with Gasteiger partial charge in [-0.2, -0.15) is 0 Å². The largest absolute Gasteiger partial charge is 0.334 e. The maximum Gasteiger partial charge on any atom is 0.229 e. The molecular weight excluding hydrogens is 398 g/mol. The number of aromatic nitrogens is 3. The summed E-state index contributed by atoms with van der Waals surface area (Å²) >= 11 is 1.42. The lowest BCUT2D eigenvalue weighted by Gasteiger charge is -2.19. The monoisotopic (exact) mass is 419 g/mol. The minimum absolute atomic E-state index is 0.0220. The predicted molar refractivity (Wildman–Crippen MR) is 113 cm³/mol. The second-order valence-electron chi connectivity index (χ2n) is 7.83. The summed E-state index contributed by atoms with van der Waals surface area (Å²) < 4.78 is 0. The van der Waals surface area contributed by atoms with Crippen molar-refractivity contribution in [2.75, 3.05) is 11.4 Å². The lowest BCUT2D eigenvalue weighted by Crippen LogP contribution is -2.34. The van der Waals surface area contributed by atoms with E-state index < -0.39 is 0 Å². The number of hydrogen-bond donors (Lipinski definition) is 0. The summed E-state index contributed by atoms with van der Waals surface area (Å²) in [7, 11) is 0. The van der Waals surface area contributed by atoms with Gasteiger partial charge >= 0.3 is 0 Å². The van der Waals surface area contributed by atoms with Crippen molar-refractivity contribution in [3.05, 3.63) is 70.0 Å². The molecule has 2 amide bonds. The highest BCUT2D eigenvalue weighted by atomic mass is 32.1. The zero-order valence-corrected chi connectivity index (χ0v) is 17.4. The first-order valence-electron chi connectivity index (χ1n) is 9.96. The molecule has 0 spiro atoms. The van der Waals surface area contributed by atoms with E-state index in [-0.39, 0.29) is 24.2 Å². The highest BCUT2D eigenvalue weighted by Gasteiger charge is 2.39. The third-order valence-electron chi connectivity index (χ3n) is 5.61. The summed E-state index contributed by atoms with van der Waals surface area (Å²) in [5.74, 6) is -0.388. The van der Waals surface area contributed by atoms with E-state index in [1.165, 1.54) is 11.3 Å². The van der Waals surface area contributed by atoms with Crippen LogP contribution in [0.4, 0.5) is 5.13 Å². The average molecular weight is 420 g/mol. The highest BCUT2D eigenvalue weighted by Crippen LogP contribution is 2.31. The van der Waals surface area contributed by atoms with E-state index in [9.17, 15) is 9.59 Å². The van der Waals surface area contributed by atoms with Crippen molar-refractivity contribution in [3.63, 3.8) is 0 Å². The van der Waals surface area contributed by atoms with Crippen LogP contribution in [0.1, 0.15) is 33.8 Å².